The van der Waals surface area contributed by atoms with Crippen LogP contribution in [0.25, 0.3) is 0 Å². The highest BCUT2D eigenvalue weighted by molar-refractivity contribution is 7.84. The molecule has 1 aromatic carbocycles. The van der Waals surface area contributed by atoms with Gasteiger partial charge in [-0.3, -0.25) is 5.14 Å². The minimum absolute atomic E-state index is 0.126. The van der Waals surface area contributed by atoms with E-state index in [1.807, 2.05) is 41.5 Å². The number of nitrogens with two attached hydrogens (primary N) is 1. The van der Waals surface area contributed by atoms with Crippen LogP contribution in [0.2, 0.25) is 10.8 Å². The van der Waals surface area contributed by atoms with Crippen LogP contribution in [0.4, 0.5) is 4.39 Å². The first-order valence-electron chi connectivity index (χ1n) is 9.35. The summed E-state index contributed by atoms with van der Waals surface area (Å²) in [5, 5.41) is 5.99. The molecule has 0 bridgehead atoms. The van der Waals surface area contributed by atoms with Crippen molar-refractivity contribution in [2.24, 2.45) is 5.14 Å². The highest BCUT2D eigenvalue weighted by Gasteiger charge is 2.54. The van der Waals surface area contributed by atoms with E-state index in [-0.39, 0.29) is 18.2 Å². The van der Waals surface area contributed by atoms with Gasteiger partial charge in [0.15, 0.2) is 11.6 Å². The van der Waals surface area contributed by atoms with Gasteiger partial charge in [-0.15, -0.1) is 0 Å². The third kappa shape index (κ3) is 5.48. The van der Waals surface area contributed by atoms with Gasteiger partial charge in [0, 0.05) is 5.02 Å². The summed E-state index contributed by atoms with van der Waals surface area (Å²) in [5.41, 5.74) is -0.962. The van der Waals surface area contributed by atoms with Crippen molar-refractivity contribution in [3.8, 4) is 5.75 Å². The molecule has 0 aromatic heterocycles. The Hall–Kier alpha value is -0.665. The smallest absolute Gasteiger partial charge is 0.461 e. The normalized spacial score (nSPS) is 20.8. The number of rotatable bonds is 8. The Kier molecular flexibility index (Phi) is 7.25. The monoisotopic (exact) mass is 433 g/mol. The Balaban J connectivity index is 2.11. The molecular formula is C19H30BClFNO4S. The van der Waals surface area contributed by atoms with Gasteiger partial charge in [-0.2, -0.15) is 0 Å². The zero-order valence-electron chi connectivity index (χ0n) is 17.4. The van der Waals surface area contributed by atoms with Gasteiger partial charge in [0.25, 0.3) is 0 Å². The molecule has 1 saturated heterocycles. The van der Waals surface area contributed by atoms with Gasteiger partial charge in [0.1, 0.15) is 0 Å². The predicted octanol–water partition coefficient (Wildman–Crippen LogP) is 4.50. The van der Waals surface area contributed by atoms with Crippen LogP contribution >= 0.6 is 11.6 Å². The maximum absolute atomic E-state index is 13.9. The van der Waals surface area contributed by atoms with E-state index in [4.69, 9.17) is 30.8 Å². The molecule has 2 rings (SSSR count). The molecular weight excluding hydrogens is 404 g/mol. The van der Waals surface area contributed by atoms with Crippen molar-refractivity contribution >= 4 is 29.7 Å². The summed E-state index contributed by atoms with van der Waals surface area (Å²) < 4.78 is 43.3. The summed E-state index contributed by atoms with van der Waals surface area (Å²) in [6.07, 6.45) is 1.04. The number of ether oxygens (including phenoxy) is 1. The Morgan fingerprint density at radius 1 is 1.29 bits per heavy atom. The van der Waals surface area contributed by atoms with Crippen molar-refractivity contribution in [3.63, 3.8) is 0 Å². The van der Waals surface area contributed by atoms with Gasteiger partial charge in [0.2, 0.25) is 0 Å². The molecule has 0 amide bonds. The van der Waals surface area contributed by atoms with Crippen LogP contribution in [0.15, 0.2) is 18.2 Å². The van der Waals surface area contributed by atoms with Crippen molar-refractivity contribution in [2.45, 2.75) is 76.2 Å². The summed E-state index contributed by atoms with van der Waals surface area (Å²) in [6.45, 7) is 11.9. The summed E-state index contributed by atoms with van der Waals surface area (Å²) in [6, 6.07) is 4.29. The van der Waals surface area contributed by atoms with E-state index in [1.54, 1.807) is 6.07 Å². The highest BCUT2D eigenvalue weighted by Crippen LogP contribution is 2.43. The highest BCUT2D eigenvalue weighted by atomic mass is 35.5. The predicted molar refractivity (Wildman–Crippen MR) is 112 cm³/mol. The lowest BCUT2D eigenvalue weighted by Crippen LogP contribution is -2.41. The number of hydrogen-bond donors (Lipinski definition) is 1. The maximum Gasteiger partial charge on any atom is 0.461 e. The van der Waals surface area contributed by atoms with Gasteiger partial charge in [-0.05, 0) is 78.4 Å². The van der Waals surface area contributed by atoms with E-state index in [0.717, 1.165) is 0 Å². The van der Waals surface area contributed by atoms with E-state index in [1.165, 1.54) is 12.1 Å². The van der Waals surface area contributed by atoms with E-state index >= 15 is 0 Å². The molecule has 1 heterocycles. The van der Waals surface area contributed by atoms with Crippen molar-refractivity contribution in [1.82, 2.24) is 0 Å². The molecule has 1 aliphatic rings. The topological polar surface area (TPSA) is 70.8 Å². The molecule has 9 heteroatoms. The third-order valence-electron chi connectivity index (χ3n) is 5.59. The minimum Gasteiger partial charge on any atom is -0.491 e. The molecule has 2 atom stereocenters. The van der Waals surface area contributed by atoms with Gasteiger partial charge >= 0.3 is 7.12 Å². The zero-order chi connectivity index (χ0) is 21.3. The van der Waals surface area contributed by atoms with Crippen LogP contribution in [-0.4, -0.2) is 33.9 Å². The Morgan fingerprint density at radius 2 is 1.86 bits per heavy atom. The first-order valence-corrected chi connectivity index (χ1v) is 10.9. The molecule has 5 nitrogen and oxygen atoms in total. The molecule has 0 aliphatic carbocycles. The van der Waals surface area contributed by atoms with Crippen molar-refractivity contribution in [1.29, 1.82) is 0 Å². The van der Waals surface area contributed by atoms with Gasteiger partial charge in [-0.25, -0.2) is 8.60 Å². The molecule has 1 aromatic rings. The first kappa shape index (κ1) is 23.6. The fourth-order valence-corrected chi connectivity index (χ4v) is 3.58. The molecule has 1 unspecified atom stereocenters. The average molecular weight is 434 g/mol. The molecule has 1 aliphatic heterocycles. The van der Waals surface area contributed by atoms with Crippen LogP contribution in [0.3, 0.4) is 0 Å². The molecule has 28 heavy (non-hydrogen) atoms. The maximum atomic E-state index is 13.9. The van der Waals surface area contributed by atoms with Crippen LogP contribution in [0, 0.1) is 5.82 Å². The first-order chi connectivity index (χ1) is 12.7. The lowest BCUT2D eigenvalue weighted by atomic mass is 9.66. The average Bonchev–Trinajstić information content (AvgIpc) is 2.76. The van der Waals surface area contributed by atoms with Crippen molar-refractivity contribution < 1.29 is 22.6 Å². The minimum atomic E-state index is -1.51. The Morgan fingerprint density at radius 3 is 2.36 bits per heavy atom. The summed E-state index contributed by atoms with van der Waals surface area (Å²) >= 11 is 5.77. The van der Waals surface area contributed by atoms with Crippen LogP contribution in [0.1, 0.15) is 54.4 Å². The number of halogens is 2. The largest absolute Gasteiger partial charge is 0.491 e. The fraction of sp³-hybridized carbons (Fsp3) is 0.684. The van der Waals surface area contributed by atoms with E-state index in [0.29, 0.717) is 17.9 Å². The molecule has 0 radical (unpaired) electrons. The Bertz CT molecular complexity index is 716. The lowest BCUT2D eigenvalue weighted by molar-refractivity contribution is 0.00578. The standard InChI is InChI=1S/C19H30BClFNO4S/c1-17(2,28(23)24)12-13(20-26-18(3,4)19(5,6)27-20)9-10-25-16-8-7-14(21)11-15(16)22/h7-8,11,13H,9-10,12,23H2,1-6H3/t13-,28?/m0/s1. The van der Waals surface area contributed by atoms with Gasteiger partial charge in [0.05, 0.1) is 33.5 Å². The fourth-order valence-electron chi connectivity index (χ4n) is 3.04. The van der Waals surface area contributed by atoms with E-state index < -0.39 is 39.9 Å². The second-order valence-corrected chi connectivity index (χ2v) is 11.0. The second kappa shape index (κ2) is 8.60. The zero-order valence-corrected chi connectivity index (χ0v) is 19.0. The lowest BCUT2D eigenvalue weighted by Gasteiger charge is -2.32. The van der Waals surface area contributed by atoms with Crippen LogP contribution in [0.5, 0.6) is 5.75 Å². The van der Waals surface area contributed by atoms with Crippen molar-refractivity contribution in [3.05, 3.63) is 29.0 Å². The number of benzene rings is 1. The SMILES string of the molecule is CC(C)(C[C@H](CCOc1ccc(Cl)cc1F)B1OC(C)(C)C(C)(C)O1)S(N)=O. The van der Waals surface area contributed by atoms with Crippen LogP contribution < -0.4 is 9.88 Å². The molecule has 0 saturated carbocycles. The van der Waals surface area contributed by atoms with Gasteiger partial charge < -0.3 is 14.0 Å². The summed E-state index contributed by atoms with van der Waals surface area (Å²) in [5.74, 6) is -0.499. The summed E-state index contributed by atoms with van der Waals surface area (Å²) in [4.78, 5) is 0. The third-order valence-corrected chi connectivity index (χ3v) is 7.09. The number of hydrogen-bond acceptors (Lipinski definition) is 4. The van der Waals surface area contributed by atoms with E-state index in [2.05, 4.69) is 0 Å². The van der Waals surface area contributed by atoms with E-state index in [9.17, 15) is 8.60 Å². The molecule has 0 spiro atoms. The second-order valence-electron chi connectivity index (χ2n) is 8.86. The van der Waals surface area contributed by atoms with Crippen molar-refractivity contribution in [2.75, 3.05) is 6.61 Å². The molecule has 2 N–H and O–H groups in total. The van der Waals surface area contributed by atoms with Crippen LogP contribution in [-0.2, 0) is 20.3 Å². The van der Waals surface area contributed by atoms with Gasteiger partial charge in [-0.1, -0.05) is 11.6 Å². The molecule has 158 valence electrons. The Labute approximate surface area is 175 Å². The molecule has 1 fully saturated rings. The quantitative estimate of drug-likeness (QED) is 0.613. The summed E-state index contributed by atoms with van der Waals surface area (Å²) in [7, 11) is -2.00.